The number of benzene rings is 2. The van der Waals surface area contributed by atoms with Crippen LogP contribution in [-0.2, 0) is 11.3 Å². The van der Waals surface area contributed by atoms with Gasteiger partial charge < -0.3 is 15.2 Å². The van der Waals surface area contributed by atoms with Crippen molar-refractivity contribution in [2.24, 2.45) is 4.99 Å². The predicted molar refractivity (Wildman–Crippen MR) is 132 cm³/mol. The van der Waals surface area contributed by atoms with Crippen LogP contribution < -0.4 is 5.32 Å². The summed E-state index contributed by atoms with van der Waals surface area (Å²) in [6.45, 7) is 1.86. The third-order valence-corrected chi connectivity index (χ3v) is 5.98. The van der Waals surface area contributed by atoms with E-state index in [4.69, 9.17) is 0 Å². The molecule has 2 aromatic carbocycles. The summed E-state index contributed by atoms with van der Waals surface area (Å²) in [6, 6.07) is 11.0. The van der Waals surface area contributed by atoms with Gasteiger partial charge in [-0.2, -0.15) is 5.10 Å². The van der Waals surface area contributed by atoms with Crippen molar-refractivity contribution in [3.63, 3.8) is 0 Å². The summed E-state index contributed by atoms with van der Waals surface area (Å²) < 4.78 is 29.9. The van der Waals surface area contributed by atoms with Crippen LogP contribution in [0.3, 0.4) is 0 Å². The Morgan fingerprint density at radius 2 is 1.92 bits per heavy atom. The highest BCUT2D eigenvalue weighted by Gasteiger charge is 2.27. The van der Waals surface area contributed by atoms with Crippen LogP contribution in [0.1, 0.15) is 41.3 Å². The fourth-order valence-corrected chi connectivity index (χ4v) is 4.06. The minimum Gasteiger partial charge on any atom is -0.391 e. The Bertz CT molecular complexity index is 1300. The minimum absolute atomic E-state index is 0.0446. The number of Topliss-reactive ketones (excluding diaryl/α,β-unsaturated/α-hetero) is 1. The summed E-state index contributed by atoms with van der Waals surface area (Å²) in [4.78, 5) is 29.2. The molecule has 1 aliphatic heterocycles. The Kier molecular flexibility index (Phi) is 7.80. The molecule has 0 bridgehead atoms. The molecule has 1 aliphatic rings. The standard InChI is InChI=1S/C27H26F2N4O3/c1-17(34)6-11-25(35)24(16-33-13-3-12-31-33)32-27(36)21-4-2-5-22(29)26(21)23-14-19(15-30-23)18-7-9-20(28)10-8-18/h2-5,7-10,12-14,24-25,35H,6,11,15-16H2,1H3,(H,32,36)/t24-,25-/m1/s1. The molecule has 2 atom stereocenters. The number of aliphatic hydroxyl groups excluding tert-OH is 1. The number of aliphatic imine (C=N–C) groups is 1. The monoisotopic (exact) mass is 492 g/mol. The van der Waals surface area contributed by atoms with Crippen molar-refractivity contribution in [2.75, 3.05) is 6.54 Å². The van der Waals surface area contributed by atoms with E-state index in [2.05, 4.69) is 15.4 Å². The van der Waals surface area contributed by atoms with E-state index in [9.17, 15) is 19.1 Å². The van der Waals surface area contributed by atoms with Crippen molar-refractivity contribution in [3.8, 4) is 0 Å². The van der Waals surface area contributed by atoms with Gasteiger partial charge in [0.1, 0.15) is 17.4 Å². The number of halogens is 2. The molecule has 0 aliphatic carbocycles. The number of amides is 1. The number of carbonyl (C=O) groups is 2. The van der Waals surface area contributed by atoms with Crippen molar-refractivity contribution >= 4 is 23.0 Å². The lowest BCUT2D eigenvalue weighted by molar-refractivity contribution is -0.117. The zero-order chi connectivity index (χ0) is 25.7. The Hall–Kier alpha value is -3.98. The maximum Gasteiger partial charge on any atom is 0.252 e. The van der Waals surface area contributed by atoms with E-state index in [0.29, 0.717) is 5.71 Å². The number of allylic oxidation sites excluding steroid dienone is 1. The number of nitrogens with one attached hydrogen (secondary N) is 1. The SMILES string of the molecule is CC(=O)CC[C@@H](O)[C@@H](Cn1cccn1)NC(=O)c1cccc(F)c1C1=NCC(c2ccc(F)cc2)=C1. The molecule has 0 fully saturated rings. The lowest BCUT2D eigenvalue weighted by atomic mass is 9.98. The molecule has 0 spiro atoms. The third-order valence-electron chi connectivity index (χ3n) is 5.98. The number of aromatic nitrogens is 2. The van der Waals surface area contributed by atoms with E-state index in [1.54, 1.807) is 41.4 Å². The molecular weight excluding hydrogens is 466 g/mol. The molecule has 1 aromatic heterocycles. The molecule has 36 heavy (non-hydrogen) atoms. The Balaban J connectivity index is 1.59. The number of hydrogen-bond donors (Lipinski definition) is 2. The van der Waals surface area contributed by atoms with Gasteiger partial charge in [0.15, 0.2) is 0 Å². The first-order valence-corrected chi connectivity index (χ1v) is 11.6. The van der Waals surface area contributed by atoms with Crippen LogP contribution in [0.25, 0.3) is 5.57 Å². The van der Waals surface area contributed by atoms with Gasteiger partial charge in [-0.05, 0) is 60.9 Å². The maximum atomic E-state index is 15.0. The van der Waals surface area contributed by atoms with Crippen molar-refractivity contribution in [3.05, 3.63) is 95.3 Å². The summed E-state index contributed by atoms with van der Waals surface area (Å²) in [5.41, 5.74) is 1.94. The third kappa shape index (κ3) is 5.98. The molecule has 1 amide bonds. The van der Waals surface area contributed by atoms with Gasteiger partial charge in [-0.15, -0.1) is 0 Å². The first kappa shape index (κ1) is 25.1. The van der Waals surface area contributed by atoms with E-state index < -0.39 is 23.9 Å². The summed E-state index contributed by atoms with van der Waals surface area (Å²) >= 11 is 0. The lowest BCUT2D eigenvalue weighted by Crippen LogP contribution is -2.46. The zero-order valence-electron chi connectivity index (χ0n) is 19.7. The van der Waals surface area contributed by atoms with Gasteiger partial charge >= 0.3 is 0 Å². The first-order chi connectivity index (χ1) is 17.3. The van der Waals surface area contributed by atoms with Crippen molar-refractivity contribution in [1.29, 1.82) is 0 Å². The highest BCUT2D eigenvalue weighted by molar-refractivity contribution is 6.19. The molecule has 3 aromatic rings. The minimum atomic E-state index is -1.02. The van der Waals surface area contributed by atoms with Gasteiger partial charge in [-0.3, -0.25) is 14.5 Å². The Morgan fingerprint density at radius 3 is 2.61 bits per heavy atom. The van der Waals surface area contributed by atoms with Crippen molar-refractivity contribution in [1.82, 2.24) is 15.1 Å². The second-order valence-electron chi connectivity index (χ2n) is 8.66. The summed E-state index contributed by atoms with van der Waals surface area (Å²) in [5, 5.41) is 17.6. The molecule has 7 nitrogen and oxygen atoms in total. The fraction of sp³-hybridized carbons (Fsp3) is 0.259. The molecule has 0 radical (unpaired) electrons. The quantitative estimate of drug-likeness (QED) is 0.452. The van der Waals surface area contributed by atoms with Crippen LogP contribution in [-0.4, -0.2) is 51.0 Å². The molecule has 0 saturated carbocycles. The van der Waals surface area contributed by atoms with Gasteiger partial charge in [0.2, 0.25) is 0 Å². The van der Waals surface area contributed by atoms with Gasteiger partial charge in [0.05, 0.1) is 36.5 Å². The molecular formula is C27H26F2N4O3. The number of hydrogen-bond acceptors (Lipinski definition) is 5. The number of aliphatic hydroxyl groups is 1. The average molecular weight is 493 g/mol. The van der Waals surface area contributed by atoms with Crippen LogP contribution >= 0.6 is 0 Å². The van der Waals surface area contributed by atoms with Crippen LogP contribution in [0.15, 0.2) is 72.0 Å². The van der Waals surface area contributed by atoms with Crippen LogP contribution in [0.5, 0.6) is 0 Å². The van der Waals surface area contributed by atoms with Gasteiger partial charge in [0, 0.05) is 24.4 Å². The number of ketones is 1. The van der Waals surface area contributed by atoms with E-state index in [1.807, 2.05) is 0 Å². The van der Waals surface area contributed by atoms with Gasteiger partial charge in [-0.1, -0.05) is 18.2 Å². The molecule has 0 saturated heterocycles. The maximum absolute atomic E-state index is 15.0. The molecule has 2 N–H and O–H groups in total. The summed E-state index contributed by atoms with van der Waals surface area (Å²) in [6.07, 6.45) is 4.26. The van der Waals surface area contributed by atoms with Crippen LogP contribution in [0.2, 0.25) is 0 Å². The van der Waals surface area contributed by atoms with E-state index in [1.165, 1.54) is 37.3 Å². The van der Waals surface area contributed by atoms with E-state index in [0.717, 1.165) is 11.1 Å². The highest BCUT2D eigenvalue weighted by Crippen LogP contribution is 2.25. The van der Waals surface area contributed by atoms with Gasteiger partial charge in [0.25, 0.3) is 5.91 Å². The van der Waals surface area contributed by atoms with Crippen LogP contribution in [0.4, 0.5) is 8.78 Å². The first-order valence-electron chi connectivity index (χ1n) is 11.6. The number of nitrogens with zero attached hydrogens (tertiary/aromatic N) is 3. The zero-order valence-corrected chi connectivity index (χ0v) is 19.7. The highest BCUT2D eigenvalue weighted by atomic mass is 19.1. The summed E-state index contributed by atoms with van der Waals surface area (Å²) in [7, 11) is 0. The predicted octanol–water partition coefficient (Wildman–Crippen LogP) is 3.58. The molecule has 9 heteroatoms. The topological polar surface area (TPSA) is 96.6 Å². The smallest absolute Gasteiger partial charge is 0.252 e. The normalized spacial score (nSPS) is 14.7. The van der Waals surface area contributed by atoms with Crippen molar-refractivity contribution in [2.45, 2.75) is 38.5 Å². The lowest BCUT2D eigenvalue weighted by Gasteiger charge is -2.24. The second-order valence-corrected chi connectivity index (χ2v) is 8.66. The second kappa shape index (κ2) is 11.2. The molecule has 2 heterocycles. The number of carbonyl (C=O) groups excluding carboxylic acids is 2. The molecule has 4 rings (SSSR count). The Morgan fingerprint density at radius 1 is 1.14 bits per heavy atom. The Labute approximate surface area is 207 Å². The van der Waals surface area contributed by atoms with Crippen LogP contribution in [0, 0.1) is 11.6 Å². The van der Waals surface area contributed by atoms with E-state index in [-0.39, 0.29) is 48.7 Å². The van der Waals surface area contributed by atoms with E-state index >= 15 is 4.39 Å². The average Bonchev–Trinajstić information content (AvgIpc) is 3.55. The van der Waals surface area contributed by atoms with Crippen molar-refractivity contribution < 1.29 is 23.5 Å². The summed E-state index contributed by atoms with van der Waals surface area (Å²) in [5.74, 6) is -1.64. The molecule has 186 valence electrons. The fourth-order valence-electron chi connectivity index (χ4n) is 4.06. The largest absolute Gasteiger partial charge is 0.391 e. The van der Waals surface area contributed by atoms with Gasteiger partial charge in [-0.25, -0.2) is 8.78 Å². The number of rotatable bonds is 10. The molecule has 0 unspecified atom stereocenters.